The Morgan fingerprint density at radius 2 is 2.17 bits per heavy atom. The molecule has 9 nitrogen and oxygen atoms in total. The lowest BCUT2D eigenvalue weighted by Gasteiger charge is -2.30. The van der Waals surface area contributed by atoms with Crippen molar-refractivity contribution >= 4 is 49.1 Å². The molecule has 1 unspecified atom stereocenters. The number of anilines is 1. The minimum Gasteiger partial charge on any atom is -0.293 e. The molecular formula is C17H17BrN6O3S2. The molecule has 0 radical (unpaired) electrons. The van der Waals surface area contributed by atoms with E-state index in [1.54, 1.807) is 30.5 Å². The van der Waals surface area contributed by atoms with Gasteiger partial charge in [0.25, 0.3) is 10.0 Å². The third-order valence-corrected chi connectivity index (χ3v) is 8.48. The van der Waals surface area contributed by atoms with Gasteiger partial charge in [-0.1, -0.05) is 6.07 Å². The van der Waals surface area contributed by atoms with Crippen molar-refractivity contribution in [1.82, 2.24) is 24.5 Å². The van der Waals surface area contributed by atoms with E-state index < -0.39 is 15.9 Å². The number of H-pyrrole nitrogens is 1. The number of sulfonamides is 1. The van der Waals surface area contributed by atoms with E-state index in [0.717, 1.165) is 15.1 Å². The van der Waals surface area contributed by atoms with Crippen molar-refractivity contribution in [2.24, 2.45) is 5.92 Å². The lowest BCUT2D eigenvalue weighted by molar-refractivity contribution is -0.120. The predicted octanol–water partition coefficient (Wildman–Crippen LogP) is 2.73. The number of rotatable bonds is 5. The van der Waals surface area contributed by atoms with Crippen LogP contribution in [0.25, 0.3) is 11.5 Å². The molecule has 3 aromatic heterocycles. The van der Waals surface area contributed by atoms with E-state index in [2.05, 4.69) is 41.4 Å². The molecule has 1 amide bonds. The second-order valence-corrected chi connectivity index (χ2v) is 11.1. The fourth-order valence-corrected chi connectivity index (χ4v) is 6.77. The number of nitrogens with zero attached hydrogens (tertiary/aromatic N) is 4. The molecule has 3 aromatic rings. The van der Waals surface area contributed by atoms with Crippen molar-refractivity contribution in [2.45, 2.75) is 17.1 Å². The molecule has 0 spiro atoms. The van der Waals surface area contributed by atoms with Gasteiger partial charge in [0.05, 0.1) is 9.70 Å². The van der Waals surface area contributed by atoms with E-state index in [4.69, 9.17) is 0 Å². The minimum atomic E-state index is -3.62. The zero-order valence-electron chi connectivity index (χ0n) is 15.1. The zero-order valence-corrected chi connectivity index (χ0v) is 18.3. The highest BCUT2D eigenvalue weighted by Gasteiger charge is 2.34. The molecule has 29 heavy (non-hydrogen) atoms. The Balaban J connectivity index is 1.44. The van der Waals surface area contributed by atoms with Crippen LogP contribution in [0.1, 0.15) is 12.8 Å². The summed E-state index contributed by atoms with van der Waals surface area (Å²) in [4.78, 5) is 21.1. The highest BCUT2D eigenvalue weighted by molar-refractivity contribution is 9.11. The molecule has 1 fully saturated rings. The minimum absolute atomic E-state index is 0.126. The van der Waals surface area contributed by atoms with E-state index in [1.165, 1.54) is 4.31 Å². The summed E-state index contributed by atoms with van der Waals surface area (Å²) in [5.74, 6) is -0.197. The number of aromatic nitrogens is 4. The zero-order chi connectivity index (χ0) is 20.4. The Bertz CT molecular complexity index is 1120. The van der Waals surface area contributed by atoms with Crippen LogP contribution in [0.15, 0.2) is 44.5 Å². The molecule has 152 valence electrons. The average molecular weight is 497 g/mol. The average Bonchev–Trinajstić information content (AvgIpc) is 3.38. The molecule has 0 aromatic carbocycles. The van der Waals surface area contributed by atoms with Crippen LogP contribution < -0.4 is 5.32 Å². The Labute approximate surface area is 179 Å². The number of pyridine rings is 1. The Kier molecular flexibility index (Phi) is 5.76. The third-order valence-electron chi connectivity index (χ3n) is 4.53. The molecule has 12 heteroatoms. The summed E-state index contributed by atoms with van der Waals surface area (Å²) in [5, 5.41) is 9.41. The summed E-state index contributed by atoms with van der Waals surface area (Å²) in [6.45, 7) is 0.521. The number of aromatic amines is 1. The predicted molar refractivity (Wildman–Crippen MR) is 112 cm³/mol. The van der Waals surface area contributed by atoms with Crippen molar-refractivity contribution in [1.29, 1.82) is 0 Å². The first-order valence-electron chi connectivity index (χ1n) is 8.83. The van der Waals surface area contributed by atoms with Gasteiger partial charge in [0.2, 0.25) is 11.9 Å². The lowest BCUT2D eigenvalue weighted by Crippen LogP contribution is -2.43. The van der Waals surface area contributed by atoms with Crippen LogP contribution in [-0.2, 0) is 14.8 Å². The first kappa shape index (κ1) is 20.1. The maximum absolute atomic E-state index is 12.8. The second kappa shape index (κ2) is 8.30. The van der Waals surface area contributed by atoms with Crippen LogP contribution in [0.2, 0.25) is 0 Å². The molecule has 1 aliphatic heterocycles. The molecular weight excluding hydrogens is 480 g/mol. The second-order valence-electron chi connectivity index (χ2n) is 6.47. The van der Waals surface area contributed by atoms with Crippen molar-refractivity contribution in [3.8, 4) is 11.5 Å². The topological polar surface area (TPSA) is 121 Å². The molecule has 4 heterocycles. The van der Waals surface area contributed by atoms with Crippen LogP contribution in [0, 0.1) is 5.92 Å². The molecule has 0 bridgehead atoms. The van der Waals surface area contributed by atoms with E-state index in [-0.39, 0.29) is 22.6 Å². The molecule has 0 aliphatic carbocycles. The van der Waals surface area contributed by atoms with Crippen LogP contribution in [0.5, 0.6) is 0 Å². The summed E-state index contributed by atoms with van der Waals surface area (Å²) in [6.07, 6.45) is 2.85. The van der Waals surface area contributed by atoms with Crippen LogP contribution in [0.4, 0.5) is 5.95 Å². The van der Waals surface area contributed by atoms with Gasteiger partial charge in [-0.2, -0.15) is 9.29 Å². The van der Waals surface area contributed by atoms with Crippen molar-refractivity contribution in [2.75, 3.05) is 18.4 Å². The molecule has 2 N–H and O–H groups in total. The fraction of sp³-hybridized carbons (Fsp3) is 0.294. The van der Waals surface area contributed by atoms with Crippen LogP contribution in [-0.4, -0.2) is 51.9 Å². The number of carbonyl (C=O) groups excluding carboxylic acids is 1. The first-order valence-corrected chi connectivity index (χ1v) is 11.9. The number of piperidine rings is 1. The number of amides is 1. The fourth-order valence-electron chi connectivity index (χ4n) is 3.09. The molecule has 4 rings (SSSR count). The summed E-state index contributed by atoms with van der Waals surface area (Å²) >= 11 is 4.45. The first-order chi connectivity index (χ1) is 13.9. The molecule has 1 atom stereocenters. The van der Waals surface area contributed by atoms with Gasteiger partial charge in [-0.15, -0.1) is 16.4 Å². The molecule has 1 aliphatic rings. The van der Waals surface area contributed by atoms with Gasteiger partial charge in [0.15, 0.2) is 5.82 Å². The summed E-state index contributed by atoms with van der Waals surface area (Å²) in [6, 6.07) is 8.67. The van der Waals surface area contributed by atoms with Gasteiger partial charge in [-0.3, -0.25) is 20.2 Å². The number of thiophene rings is 1. The summed E-state index contributed by atoms with van der Waals surface area (Å²) in [5.41, 5.74) is 0.609. The Hall–Kier alpha value is -2.15. The van der Waals surface area contributed by atoms with E-state index >= 15 is 0 Å². The smallest absolute Gasteiger partial charge is 0.252 e. The SMILES string of the molecule is O=C(Nc1n[nH]c(-c2ccccn2)n1)C1CCCN(S(=O)(=O)c2ccc(Br)s2)C1. The Morgan fingerprint density at radius 1 is 1.31 bits per heavy atom. The monoisotopic (exact) mass is 496 g/mol. The van der Waals surface area contributed by atoms with Crippen molar-refractivity contribution in [3.63, 3.8) is 0 Å². The Morgan fingerprint density at radius 3 is 2.90 bits per heavy atom. The van der Waals surface area contributed by atoms with E-state index in [0.29, 0.717) is 30.9 Å². The number of hydrogen-bond acceptors (Lipinski definition) is 7. The summed E-state index contributed by atoms with van der Waals surface area (Å²) < 4.78 is 28.0. The third kappa shape index (κ3) is 4.39. The largest absolute Gasteiger partial charge is 0.293 e. The maximum Gasteiger partial charge on any atom is 0.252 e. The number of halogens is 1. The summed E-state index contributed by atoms with van der Waals surface area (Å²) in [7, 11) is -3.62. The van der Waals surface area contributed by atoms with Crippen molar-refractivity contribution < 1.29 is 13.2 Å². The van der Waals surface area contributed by atoms with Crippen LogP contribution >= 0.6 is 27.3 Å². The molecule has 0 saturated carbocycles. The number of carbonyl (C=O) groups is 1. The van der Waals surface area contributed by atoms with Gasteiger partial charge in [0.1, 0.15) is 9.90 Å². The lowest BCUT2D eigenvalue weighted by atomic mass is 9.99. The van der Waals surface area contributed by atoms with Gasteiger partial charge >= 0.3 is 0 Å². The van der Waals surface area contributed by atoms with Gasteiger partial charge in [-0.05, 0) is 53.0 Å². The quantitative estimate of drug-likeness (QED) is 0.559. The number of hydrogen-bond donors (Lipinski definition) is 2. The normalized spacial score (nSPS) is 17.9. The maximum atomic E-state index is 12.8. The van der Waals surface area contributed by atoms with Crippen LogP contribution in [0.3, 0.4) is 0 Å². The molecule has 1 saturated heterocycles. The highest BCUT2D eigenvalue weighted by Crippen LogP contribution is 2.31. The van der Waals surface area contributed by atoms with E-state index in [1.807, 2.05) is 6.07 Å². The van der Waals surface area contributed by atoms with Gasteiger partial charge < -0.3 is 0 Å². The van der Waals surface area contributed by atoms with Gasteiger partial charge in [0, 0.05) is 19.3 Å². The highest BCUT2D eigenvalue weighted by atomic mass is 79.9. The van der Waals surface area contributed by atoms with Gasteiger partial charge in [-0.25, -0.2) is 8.42 Å². The number of nitrogens with one attached hydrogen (secondary N) is 2. The standard InChI is InChI=1S/C17H17BrN6O3S2/c18-13-6-7-14(28-13)29(26,27)24-9-3-4-11(10-24)16(25)21-17-20-15(22-23-17)12-5-1-2-8-19-12/h1-2,5-8,11H,3-4,9-10H2,(H2,20,21,22,23,25). The van der Waals surface area contributed by atoms with Crippen molar-refractivity contribution in [3.05, 3.63) is 40.3 Å². The van der Waals surface area contributed by atoms with E-state index in [9.17, 15) is 13.2 Å².